The molecule has 0 spiro atoms. The molecular formula is C20H13N3. The van der Waals surface area contributed by atoms with Gasteiger partial charge in [0.2, 0.25) is 0 Å². The van der Waals surface area contributed by atoms with Crippen LogP contribution in [0.4, 0.5) is 0 Å². The molecule has 0 amide bonds. The predicted octanol–water partition coefficient (Wildman–Crippen LogP) is 4.56. The molecule has 108 valence electrons. The van der Waals surface area contributed by atoms with Gasteiger partial charge in [0.15, 0.2) is 0 Å². The zero-order valence-electron chi connectivity index (χ0n) is 12.3. The van der Waals surface area contributed by atoms with Crippen molar-refractivity contribution in [3.05, 3.63) is 84.8 Å². The van der Waals surface area contributed by atoms with Gasteiger partial charge in [-0.15, -0.1) is 0 Å². The fourth-order valence-electron chi connectivity index (χ4n) is 2.84. The Kier molecular flexibility index (Phi) is 3.14. The number of nitrogens with zero attached hydrogens (tertiary/aromatic N) is 3. The zero-order chi connectivity index (χ0) is 15.6. The highest BCUT2D eigenvalue weighted by molar-refractivity contribution is 5.91. The van der Waals surface area contributed by atoms with Crippen molar-refractivity contribution in [3.8, 4) is 22.9 Å². The van der Waals surface area contributed by atoms with Gasteiger partial charge in [0, 0.05) is 17.8 Å². The van der Waals surface area contributed by atoms with Gasteiger partial charge in [-0.25, -0.2) is 0 Å². The van der Waals surface area contributed by atoms with Crippen LogP contribution in [0.3, 0.4) is 0 Å². The van der Waals surface area contributed by atoms with Gasteiger partial charge in [0.1, 0.15) is 6.07 Å². The highest BCUT2D eigenvalue weighted by Gasteiger charge is 2.11. The second-order valence-electron chi connectivity index (χ2n) is 5.33. The Hall–Kier alpha value is -3.38. The maximum atomic E-state index is 9.48. The Bertz CT molecular complexity index is 1010. The van der Waals surface area contributed by atoms with Crippen molar-refractivity contribution in [2.45, 2.75) is 0 Å². The van der Waals surface area contributed by atoms with Crippen molar-refractivity contribution < 1.29 is 0 Å². The molecule has 0 aliphatic heterocycles. The van der Waals surface area contributed by atoms with Crippen LogP contribution in [0.25, 0.3) is 27.7 Å². The average Bonchev–Trinajstić information content (AvgIpc) is 3.01. The highest BCUT2D eigenvalue weighted by atomic mass is 15.0. The summed E-state index contributed by atoms with van der Waals surface area (Å²) in [5.41, 5.74) is 4.88. The normalized spacial score (nSPS) is 10.6. The Balaban J connectivity index is 1.95. The molecule has 23 heavy (non-hydrogen) atoms. The fourth-order valence-corrected chi connectivity index (χ4v) is 2.84. The van der Waals surface area contributed by atoms with Crippen LogP contribution in [0.1, 0.15) is 5.56 Å². The van der Waals surface area contributed by atoms with Crippen LogP contribution in [-0.2, 0) is 0 Å². The van der Waals surface area contributed by atoms with Crippen LogP contribution in [0.5, 0.6) is 0 Å². The summed E-state index contributed by atoms with van der Waals surface area (Å²) in [6.45, 7) is 0. The lowest BCUT2D eigenvalue weighted by Crippen LogP contribution is -1.91. The van der Waals surface area contributed by atoms with Gasteiger partial charge in [-0.2, -0.15) is 5.26 Å². The number of nitriles is 1. The summed E-state index contributed by atoms with van der Waals surface area (Å²) in [6.07, 6.45) is 5.41. The number of benzene rings is 2. The van der Waals surface area contributed by atoms with Gasteiger partial charge < -0.3 is 4.57 Å². The van der Waals surface area contributed by atoms with E-state index < -0.39 is 0 Å². The highest BCUT2D eigenvalue weighted by Crippen LogP contribution is 2.29. The predicted molar refractivity (Wildman–Crippen MR) is 91.2 cm³/mol. The minimum absolute atomic E-state index is 0.668. The topological polar surface area (TPSA) is 41.6 Å². The minimum Gasteiger partial charge on any atom is -0.314 e. The summed E-state index contributed by atoms with van der Waals surface area (Å²) in [5.74, 6) is 0. The second kappa shape index (κ2) is 5.43. The van der Waals surface area contributed by atoms with Crippen molar-refractivity contribution in [1.29, 1.82) is 5.26 Å². The maximum absolute atomic E-state index is 9.48. The van der Waals surface area contributed by atoms with E-state index in [0.717, 1.165) is 27.7 Å². The van der Waals surface area contributed by atoms with Gasteiger partial charge in [0.25, 0.3) is 0 Å². The molecule has 0 bridgehead atoms. The molecule has 0 radical (unpaired) electrons. The van der Waals surface area contributed by atoms with Crippen LogP contribution in [0.2, 0.25) is 0 Å². The number of hydrogen-bond acceptors (Lipinski definition) is 2. The van der Waals surface area contributed by atoms with Crippen LogP contribution in [0.15, 0.2) is 79.3 Å². The number of hydrogen-bond donors (Lipinski definition) is 0. The Morgan fingerprint density at radius 1 is 0.913 bits per heavy atom. The van der Waals surface area contributed by atoms with Crippen molar-refractivity contribution in [1.82, 2.24) is 9.55 Å². The Morgan fingerprint density at radius 2 is 1.78 bits per heavy atom. The molecule has 2 aromatic heterocycles. The molecule has 2 heterocycles. The lowest BCUT2D eigenvalue weighted by molar-refractivity contribution is 1.10. The summed E-state index contributed by atoms with van der Waals surface area (Å²) in [4.78, 5) is 4.16. The first-order valence-electron chi connectivity index (χ1n) is 7.38. The van der Waals surface area contributed by atoms with E-state index in [2.05, 4.69) is 41.4 Å². The molecule has 0 fully saturated rings. The SMILES string of the molecule is N#Cc1cn(-c2cccnc2)c2ccc(-c3ccccc3)cc12. The smallest absolute Gasteiger partial charge is 0.101 e. The average molecular weight is 295 g/mol. The molecule has 4 rings (SSSR count). The standard InChI is InChI=1S/C20H13N3/c21-12-17-14-23(18-7-4-10-22-13-18)20-9-8-16(11-19(17)20)15-5-2-1-3-6-15/h1-11,13-14H. The van der Waals surface area contributed by atoms with E-state index in [1.807, 2.05) is 41.1 Å². The van der Waals surface area contributed by atoms with E-state index in [4.69, 9.17) is 0 Å². The van der Waals surface area contributed by atoms with Crippen LogP contribution < -0.4 is 0 Å². The van der Waals surface area contributed by atoms with E-state index in [-0.39, 0.29) is 0 Å². The van der Waals surface area contributed by atoms with Crippen LogP contribution >= 0.6 is 0 Å². The maximum Gasteiger partial charge on any atom is 0.101 e. The summed E-state index contributed by atoms with van der Waals surface area (Å²) in [5, 5.41) is 10.4. The van der Waals surface area contributed by atoms with E-state index in [1.54, 1.807) is 12.4 Å². The molecule has 0 N–H and O–H groups in total. The molecule has 0 unspecified atom stereocenters. The number of rotatable bonds is 2. The Morgan fingerprint density at radius 3 is 2.52 bits per heavy atom. The van der Waals surface area contributed by atoms with E-state index in [1.165, 1.54) is 0 Å². The molecule has 3 heteroatoms. The number of pyridine rings is 1. The summed E-state index contributed by atoms with van der Waals surface area (Å²) < 4.78 is 2.01. The summed E-state index contributed by atoms with van der Waals surface area (Å²) in [7, 11) is 0. The van der Waals surface area contributed by atoms with Gasteiger partial charge in [-0.3, -0.25) is 4.98 Å². The van der Waals surface area contributed by atoms with Crippen molar-refractivity contribution >= 4 is 10.9 Å². The third-order valence-corrected chi connectivity index (χ3v) is 3.96. The quantitative estimate of drug-likeness (QED) is 0.544. The van der Waals surface area contributed by atoms with Gasteiger partial charge in [-0.1, -0.05) is 36.4 Å². The second-order valence-corrected chi connectivity index (χ2v) is 5.33. The molecule has 0 saturated carbocycles. The first-order valence-corrected chi connectivity index (χ1v) is 7.38. The van der Waals surface area contributed by atoms with Gasteiger partial charge >= 0.3 is 0 Å². The monoisotopic (exact) mass is 295 g/mol. The molecular weight excluding hydrogens is 282 g/mol. The Labute approximate surface area is 134 Å². The summed E-state index contributed by atoms with van der Waals surface area (Å²) >= 11 is 0. The summed E-state index contributed by atoms with van der Waals surface area (Å²) in [6, 6.07) is 22.6. The largest absolute Gasteiger partial charge is 0.314 e. The molecule has 2 aromatic carbocycles. The van der Waals surface area contributed by atoms with Crippen LogP contribution in [0, 0.1) is 11.3 Å². The van der Waals surface area contributed by atoms with E-state index in [9.17, 15) is 5.26 Å². The van der Waals surface area contributed by atoms with Crippen molar-refractivity contribution in [3.63, 3.8) is 0 Å². The molecule has 3 nitrogen and oxygen atoms in total. The van der Waals surface area contributed by atoms with Gasteiger partial charge in [0.05, 0.1) is 23.0 Å². The van der Waals surface area contributed by atoms with Gasteiger partial charge in [-0.05, 0) is 35.4 Å². The van der Waals surface area contributed by atoms with Crippen molar-refractivity contribution in [2.75, 3.05) is 0 Å². The third-order valence-electron chi connectivity index (χ3n) is 3.96. The molecule has 0 saturated heterocycles. The number of aromatic nitrogens is 2. The minimum atomic E-state index is 0.668. The lowest BCUT2D eigenvalue weighted by atomic mass is 10.0. The molecule has 0 aliphatic rings. The first-order chi connectivity index (χ1) is 11.4. The molecule has 4 aromatic rings. The third kappa shape index (κ3) is 2.27. The van der Waals surface area contributed by atoms with E-state index >= 15 is 0 Å². The molecule has 0 atom stereocenters. The van der Waals surface area contributed by atoms with Crippen LogP contribution in [-0.4, -0.2) is 9.55 Å². The molecule has 0 aliphatic carbocycles. The first kappa shape index (κ1) is 13.3. The van der Waals surface area contributed by atoms with Crippen molar-refractivity contribution in [2.24, 2.45) is 0 Å². The number of fused-ring (bicyclic) bond motifs is 1. The van der Waals surface area contributed by atoms with E-state index in [0.29, 0.717) is 5.56 Å². The lowest BCUT2D eigenvalue weighted by Gasteiger charge is -2.06. The fraction of sp³-hybridized carbons (Fsp3) is 0. The zero-order valence-corrected chi connectivity index (χ0v) is 12.3.